The molecular weight excluding hydrogens is 558 g/mol. The summed E-state index contributed by atoms with van der Waals surface area (Å²) in [4.78, 5) is 31.7. The van der Waals surface area contributed by atoms with E-state index in [4.69, 9.17) is 9.47 Å². The number of aromatic hydroxyl groups is 1. The first-order valence-electron chi connectivity index (χ1n) is 15.8. The van der Waals surface area contributed by atoms with Gasteiger partial charge in [-0.25, -0.2) is 4.98 Å². The van der Waals surface area contributed by atoms with E-state index in [0.717, 1.165) is 54.7 Å². The molecule has 1 aliphatic carbocycles. The van der Waals surface area contributed by atoms with E-state index >= 15 is 0 Å². The second-order valence-electron chi connectivity index (χ2n) is 11.8. The second kappa shape index (κ2) is 15.2. The Hall–Kier alpha value is -3.89. The molecule has 2 aromatic carbocycles. The number of hydrogen-bond donors (Lipinski definition) is 3. The van der Waals surface area contributed by atoms with E-state index in [1.807, 2.05) is 30.8 Å². The first kappa shape index (κ1) is 31.5. The van der Waals surface area contributed by atoms with Crippen LogP contribution in [-0.2, 0) is 34.2 Å². The van der Waals surface area contributed by atoms with Crippen molar-refractivity contribution in [3.63, 3.8) is 0 Å². The Kier molecular flexibility index (Phi) is 10.9. The molecule has 2 heterocycles. The van der Waals surface area contributed by atoms with Crippen LogP contribution < -0.4 is 15.4 Å². The summed E-state index contributed by atoms with van der Waals surface area (Å²) in [5.41, 5.74) is 4.53. The first-order chi connectivity index (χ1) is 21.4. The number of nitrogens with zero attached hydrogens (tertiary/aromatic N) is 3. The van der Waals surface area contributed by atoms with Crippen LogP contribution in [0.5, 0.6) is 11.5 Å². The highest BCUT2D eigenvalue weighted by molar-refractivity contribution is 5.97. The monoisotopic (exact) mass is 603 g/mol. The number of phenolic OH excluding ortho intramolecular Hbond substituents is 1. The fourth-order valence-electron chi connectivity index (χ4n) is 6.21. The van der Waals surface area contributed by atoms with Crippen LogP contribution >= 0.6 is 0 Å². The van der Waals surface area contributed by atoms with Crippen LogP contribution in [0.25, 0.3) is 11.4 Å². The minimum absolute atomic E-state index is 0.000174. The molecule has 1 aliphatic heterocycles. The summed E-state index contributed by atoms with van der Waals surface area (Å²) in [7, 11) is 2.01. The lowest BCUT2D eigenvalue weighted by Gasteiger charge is -2.34. The van der Waals surface area contributed by atoms with Crippen LogP contribution in [0.2, 0.25) is 0 Å². The molecule has 10 nitrogen and oxygen atoms in total. The summed E-state index contributed by atoms with van der Waals surface area (Å²) >= 11 is 0. The minimum Gasteiger partial charge on any atom is -0.506 e. The summed E-state index contributed by atoms with van der Waals surface area (Å²) in [6.07, 6.45) is 9.54. The van der Waals surface area contributed by atoms with Gasteiger partial charge in [-0.2, -0.15) is 0 Å². The SMILES string of the molecule is Cc1cn(C)c(-c2cccc(CCOCCC(=O)N(CCNCCc3ccc(O)c4c3OCC(=O)N4)C3CCCCC3)c2)n1. The van der Waals surface area contributed by atoms with E-state index in [-0.39, 0.29) is 30.2 Å². The Morgan fingerprint density at radius 1 is 1.16 bits per heavy atom. The van der Waals surface area contributed by atoms with Gasteiger partial charge >= 0.3 is 0 Å². The zero-order valence-electron chi connectivity index (χ0n) is 25.9. The molecule has 0 radical (unpaired) electrons. The molecule has 2 aliphatic rings. The Morgan fingerprint density at radius 3 is 2.80 bits per heavy atom. The third-order valence-electron chi connectivity index (χ3n) is 8.44. The first-order valence-corrected chi connectivity index (χ1v) is 15.8. The van der Waals surface area contributed by atoms with Crippen molar-refractivity contribution in [3.05, 3.63) is 59.4 Å². The quantitative estimate of drug-likeness (QED) is 0.185. The number of aromatic nitrogens is 2. The number of fused-ring (bicyclic) bond motifs is 1. The fraction of sp³-hybridized carbons (Fsp3) is 0.500. The van der Waals surface area contributed by atoms with Crippen molar-refractivity contribution in [3.8, 4) is 22.9 Å². The number of imidazole rings is 1. The summed E-state index contributed by atoms with van der Waals surface area (Å²) < 4.78 is 13.6. The van der Waals surface area contributed by atoms with E-state index in [9.17, 15) is 14.7 Å². The molecule has 2 amide bonds. The number of rotatable bonds is 14. The van der Waals surface area contributed by atoms with Crippen LogP contribution in [-0.4, -0.2) is 76.9 Å². The van der Waals surface area contributed by atoms with Gasteiger partial charge in [0.1, 0.15) is 17.3 Å². The lowest BCUT2D eigenvalue weighted by molar-refractivity contribution is -0.135. The fourth-order valence-corrected chi connectivity index (χ4v) is 6.21. The van der Waals surface area contributed by atoms with Crippen molar-refractivity contribution in [1.29, 1.82) is 0 Å². The van der Waals surface area contributed by atoms with Crippen LogP contribution in [0.3, 0.4) is 0 Å². The molecule has 5 rings (SSSR count). The van der Waals surface area contributed by atoms with Gasteiger partial charge in [0, 0.05) is 37.9 Å². The summed E-state index contributed by atoms with van der Waals surface area (Å²) in [5, 5.41) is 16.2. The Labute approximate surface area is 259 Å². The van der Waals surface area contributed by atoms with Gasteiger partial charge in [-0.3, -0.25) is 9.59 Å². The topological polar surface area (TPSA) is 118 Å². The molecule has 0 saturated heterocycles. The van der Waals surface area contributed by atoms with Crippen LogP contribution in [0.1, 0.15) is 55.3 Å². The maximum Gasteiger partial charge on any atom is 0.262 e. The number of carbonyl (C=O) groups excluding carboxylic acids is 2. The molecular formula is C34H45N5O5. The Balaban J connectivity index is 1.06. The zero-order valence-corrected chi connectivity index (χ0v) is 25.9. The maximum absolute atomic E-state index is 13.3. The molecule has 1 saturated carbocycles. The third kappa shape index (κ3) is 8.18. The van der Waals surface area contributed by atoms with Crippen molar-refractivity contribution in [2.75, 3.05) is 44.8 Å². The summed E-state index contributed by atoms with van der Waals surface area (Å²) in [6, 6.07) is 12.1. The van der Waals surface area contributed by atoms with Crippen molar-refractivity contribution < 1.29 is 24.2 Å². The highest BCUT2D eigenvalue weighted by Crippen LogP contribution is 2.39. The van der Waals surface area contributed by atoms with Crippen LogP contribution in [0.15, 0.2) is 42.6 Å². The van der Waals surface area contributed by atoms with E-state index in [2.05, 4.69) is 44.8 Å². The lowest BCUT2D eigenvalue weighted by atomic mass is 9.94. The normalized spacial score (nSPS) is 15.0. The molecule has 1 fully saturated rings. The number of amides is 2. The largest absolute Gasteiger partial charge is 0.506 e. The second-order valence-corrected chi connectivity index (χ2v) is 11.8. The van der Waals surface area contributed by atoms with Crippen molar-refractivity contribution in [1.82, 2.24) is 19.8 Å². The van der Waals surface area contributed by atoms with Gasteiger partial charge in [0.05, 0.1) is 25.3 Å². The molecule has 236 valence electrons. The number of benzene rings is 2. The zero-order chi connectivity index (χ0) is 30.9. The van der Waals surface area contributed by atoms with Gasteiger partial charge in [0.25, 0.3) is 5.91 Å². The number of nitrogens with one attached hydrogen (secondary N) is 2. The van der Waals surface area contributed by atoms with Gasteiger partial charge in [-0.15, -0.1) is 0 Å². The number of carbonyl (C=O) groups is 2. The third-order valence-corrected chi connectivity index (χ3v) is 8.44. The molecule has 10 heteroatoms. The standard InChI is InChI=1S/C34H45N5O5/c1-24-22-38(2)34(36-24)27-8-6-7-25(21-27)14-19-43-20-15-31(42)39(28-9-4-3-5-10-28)18-17-35-16-13-26-11-12-29(40)32-33(26)44-23-30(41)37-32/h6-8,11-12,21-22,28,35,40H,3-5,9-10,13-20,23H2,1-2H3,(H,37,41). The number of aryl methyl sites for hydroxylation is 2. The number of ether oxygens (including phenoxy) is 2. The summed E-state index contributed by atoms with van der Waals surface area (Å²) in [6.45, 7) is 4.95. The van der Waals surface area contributed by atoms with Crippen molar-refractivity contribution in [2.24, 2.45) is 7.05 Å². The highest BCUT2D eigenvalue weighted by Gasteiger charge is 2.25. The molecule has 44 heavy (non-hydrogen) atoms. The molecule has 0 unspecified atom stereocenters. The summed E-state index contributed by atoms with van der Waals surface area (Å²) in [5.74, 6) is 1.36. The van der Waals surface area contributed by atoms with Crippen molar-refractivity contribution in [2.45, 2.75) is 64.3 Å². The van der Waals surface area contributed by atoms with Crippen molar-refractivity contribution >= 4 is 17.5 Å². The van der Waals surface area contributed by atoms with E-state index < -0.39 is 0 Å². The lowest BCUT2D eigenvalue weighted by Crippen LogP contribution is -2.45. The Bertz CT molecular complexity index is 1430. The average molecular weight is 604 g/mol. The van der Waals surface area contributed by atoms with Gasteiger partial charge in [-0.1, -0.05) is 43.5 Å². The maximum atomic E-state index is 13.3. The predicted octanol–water partition coefficient (Wildman–Crippen LogP) is 4.37. The highest BCUT2D eigenvalue weighted by atomic mass is 16.5. The molecule has 0 atom stereocenters. The molecule has 0 spiro atoms. The number of anilines is 1. The molecule has 3 N–H and O–H groups in total. The molecule has 1 aromatic heterocycles. The molecule has 0 bridgehead atoms. The smallest absolute Gasteiger partial charge is 0.262 e. The van der Waals surface area contributed by atoms with Crippen LogP contribution in [0.4, 0.5) is 5.69 Å². The van der Waals surface area contributed by atoms with Gasteiger partial charge in [0.2, 0.25) is 5.91 Å². The van der Waals surface area contributed by atoms with Gasteiger partial charge in [0.15, 0.2) is 12.4 Å². The van der Waals surface area contributed by atoms with Gasteiger partial charge in [-0.05, 0) is 62.4 Å². The van der Waals surface area contributed by atoms with E-state index in [0.29, 0.717) is 57.1 Å². The van der Waals surface area contributed by atoms with E-state index in [1.54, 1.807) is 6.07 Å². The number of phenols is 1. The van der Waals surface area contributed by atoms with Crippen LogP contribution in [0, 0.1) is 6.92 Å². The predicted molar refractivity (Wildman–Crippen MR) is 170 cm³/mol. The average Bonchev–Trinajstić information content (AvgIpc) is 3.37. The molecule has 3 aromatic rings. The number of hydrogen-bond acceptors (Lipinski definition) is 7. The minimum atomic E-state index is -0.276. The Morgan fingerprint density at radius 2 is 2.00 bits per heavy atom. The van der Waals surface area contributed by atoms with Gasteiger partial charge < -0.3 is 34.7 Å². The van der Waals surface area contributed by atoms with E-state index in [1.165, 1.54) is 12.0 Å².